The Balaban J connectivity index is 1.61. The number of nitrogens with zero attached hydrogens (tertiary/aromatic N) is 4. The fourth-order valence-electron chi connectivity index (χ4n) is 3.86. The molecule has 0 unspecified atom stereocenters. The summed E-state index contributed by atoms with van der Waals surface area (Å²) in [6, 6.07) is 0.229. The van der Waals surface area contributed by atoms with Crippen molar-refractivity contribution in [1.82, 2.24) is 19.7 Å². The number of ether oxygens (including phenoxy) is 1. The zero-order valence-electron chi connectivity index (χ0n) is 14.5. The van der Waals surface area contributed by atoms with Crippen molar-refractivity contribution in [3.05, 3.63) is 11.6 Å². The average Bonchev–Trinajstić information content (AvgIpc) is 3.16. The van der Waals surface area contributed by atoms with Crippen LogP contribution in [0.2, 0.25) is 0 Å². The number of hydrogen-bond acceptors (Lipinski definition) is 4. The van der Waals surface area contributed by atoms with Gasteiger partial charge in [0.2, 0.25) is 0 Å². The van der Waals surface area contributed by atoms with Gasteiger partial charge in [0.1, 0.15) is 17.8 Å². The van der Waals surface area contributed by atoms with E-state index in [9.17, 15) is 4.79 Å². The van der Waals surface area contributed by atoms with Gasteiger partial charge in [-0.25, -0.2) is 9.67 Å². The summed E-state index contributed by atoms with van der Waals surface area (Å²) in [5.74, 6) is 1.84. The minimum Gasteiger partial charge on any atom is -0.365 e. The van der Waals surface area contributed by atoms with E-state index < -0.39 is 0 Å². The molecule has 0 bridgehead atoms. The molecule has 0 aromatic carbocycles. The van der Waals surface area contributed by atoms with Gasteiger partial charge in [-0.05, 0) is 46.5 Å². The maximum absolute atomic E-state index is 12.7. The largest absolute Gasteiger partial charge is 0.365 e. The molecule has 6 nitrogen and oxygen atoms in total. The van der Waals surface area contributed by atoms with Crippen LogP contribution in [-0.2, 0) is 9.53 Å². The number of aromatic nitrogens is 3. The Bertz CT molecular complexity index is 551. The van der Waals surface area contributed by atoms with Crippen LogP contribution in [0.25, 0.3) is 0 Å². The van der Waals surface area contributed by atoms with Gasteiger partial charge in [-0.2, -0.15) is 5.10 Å². The second-order valence-corrected chi connectivity index (χ2v) is 6.92. The monoisotopic (exact) mass is 320 g/mol. The molecular weight excluding hydrogens is 292 g/mol. The summed E-state index contributed by atoms with van der Waals surface area (Å²) >= 11 is 0. The molecule has 1 amide bonds. The lowest BCUT2D eigenvalue weighted by molar-refractivity contribution is -0.147. The molecule has 0 N–H and O–H groups in total. The van der Waals surface area contributed by atoms with Crippen LogP contribution in [0.5, 0.6) is 0 Å². The van der Waals surface area contributed by atoms with Gasteiger partial charge >= 0.3 is 0 Å². The summed E-state index contributed by atoms with van der Waals surface area (Å²) in [5, 5.41) is 4.49. The summed E-state index contributed by atoms with van der Waals surface area (Å²) in [7, 11) is 0. The second kappa shape index (κ2) is 6.99. The Morgan fingerprint density at radius 3 is 2.61 bits per heavy atom. The van der Waals surface area contributed by atoms with E-state index in [1.165, 1.54) is 12.8 Å². The first kappa shape index (κ1) is 16.4. The fourth-order valence-corrected chi connectivity index (χ4v) is 3.86. The van der Waals surface area contributed by atoms with E-state index in [0.717, 1.165) is 43.9 Å². The number of aryl methyl sites for hydroxylation is 2. The smallest absolute Gasteiger partial charge is 0.251 e. The van der Waals surface area contributed by atoms with Gasteiger partial charge in [0.25, 0.3) is 5.91 Å². The molecule has 1 aliphatic carbocycles. The van der Waals surface area contributed by atoms with Gasteiger partial charge in [-0.15, -0.1) is 0 Å². The summed E-state index contributed by atoms with van der Waals surface area (Å²) in [6.07, 6.45) is 6.63. The van der Waals surface area contributed by atoms with Gasteiger partial charge < -0.3 is 9.64 Å². The van der Waals surface area contributed by atoms with Crippen LogP contribution in [0.1, 0.15) is 63.1 Å². The zero-order chi connectivity index (χ0) is 16.4. The Kier molecular flexibility index (Phi) is 4.99. The average molecular weight is 320 g/mol. The van der Waals surface area contributed by atoms with E-state index in [2.05, 4.69) is 10.1 Å². The van der Waals surface area contributed by atoms with Gasteiger partial charge in [0.15, 0.2) is 0 Å². The summed E-state index contributed by atoms with van der Waals surface area (Å²) < 4.78 is 7.95. The van der Waals surface area contributed by atoms with Crippen molar-refractivity contribution in [3.8, 4) is 0 Å². The number of carbonyl (C=O) groups excluding carboxylic acids is 1. The minimum atomic E-state index is -0.338. The molecule has 1 aliphatic heterocycles. The summed E-state index contributed by atoms with van der Waals surface area (Å²) in [6.45, 7) is 7.32. The summed E-state index contributed by atoms with van der Waals surface area (Å²) in [4.78, 5) is 19.0. The number of amides is 1. The van der Waals surface area contributed by atoms with Crippen LogP contribution in [0, 0.1) is 13.8 Å². The predicted octanol–water partition coefficient (Wildman–Crippen LogP) is 2.41. The van der Waals surface area contributed by atoms with Crippen LogP contribution in [0.15, 0.2) is 0 Å². The van der Waals surface area contributed by atoms with Crippen molar-refractivity contribution in [2.24, 2.45) is 0 Å². The highest BCUT2D eigenvalue weighted by molar-refractivity contribution is 5.80. The van der Waals surface area contributed by atoms with E-state index in [4.69, 9.17) is 4.74 Å². The Labute approximate surface area is 138 Å². The molecular formula is C17H28N4O2. The Hall–Kier alpha value is -1.43. The highest BCUT2D eigenvalue weighted by atomic mass is 16.5. The molecule has 1 saturated heterocycles. The lowest BCUT2D eigenvalue weighted by atomic mass is 10.1. The first-order valence-corrected chi connectivity index (χ1v) is 8.88. The van der Waals surface area contributed by atoms with E-state index in [0.29, 0.717) is 6.54 Å². The van der Waals surface area contributed by atoms with Gasteiger partial charge in [0.05, 0.1) is 12.1 Å². The third kappa shape index (κ3) is 3.74. The van der Waals surface area contributed by atoms with Crippen molar-refractivity contribution in [2.45, 2.75) is 77.5 Å². The zero-order valence-corrected chi connectivity index (χ0v) is 14.5. The fraction of sp³-hybridized carbons (Fsp3) is 0.824. The third-order valence-corrected chi connectivity index (χ3v) is 5.01. The maximum atomic E-state index is 12.7. The number of likely N-dealkylation sites (tertiary alicyclic amines) is 1. The summed E-state index contributed by atoms with van der Waals surface area (Å²) in [5.41, 5.74) is 0. The SMILES string of the molecule is Cc1nc(C)n([C@H]2CCCN(C(=O)[C@@H](C)OC3CCCC3)C2)n1. The number of hydrogen-bond donors (Lipinski definition) is 0. The number of piperidine rings is 1. The van der Waals surface area contributed by atoms with Crippen LogP contribution in [-0.4, -0.2) is 50.9 Å². The molecule has 2 heterocycles. The van der Waals surface area contributed by atoms with Gasteiger partial charge in [0, 0.05) is 13.1 Å². The van der Waals surface area contributed by atoms with Crippen LogP contribution in [0.4, 0.5) is 0 Å². The highest BCUT2D eigenvalue weighted by Gasteiger charge is 2.30. The molecule has 128 valence electrons. The molecule has 2 aliphatic rings. The van der Waals surface area contributed by atoms with Crippen molar-refractivity contribution in [3.63, 3.8) is 0 Å². The molecule has 3 rings (SSSR count). The Morgan fingerprint density at radius 1 is 1.22 bits per heavy atom. The van der Waals surface area contributed by atoms with Crippen molar-refractivity contribution in [1.29, 1.82) is 0 Å². The second-order valence-electron chi connectivity index (χ2n) is 6.92. The highest BCUT2D eigenvalue weighted by Crippen LogP contribution is 2.25. The molecule has 6 heteroatoms. The van der Waals surface area contributed by atoms with E-state index in [1.54, 1.807) is 0 Å². The van der Waals surface area contributed by atoms with Crippen LogP contribution >= 0.6 is 0 Å². The topological polar surface area (TPSA) is 60.2 Å². The van der Waals surface area contributed by atoms with E-state index in [1.807, 2.05) is 30.4 Å². The van der Waals surface area contributed by atoms with Crippen molar-refractivity contribution < 1.29 is 9.53 Å². The van der Waals surface area contributed by atoms with Gasteiger partial charge in [-0.3, -0.25) is 4.79 Å². The maximum Gasteiger partial charge on any atom is 0.251 e. The van der Waals surface area contributed by atoms with Crippen LogP contribution < -0.4 is 0 Å². The first-order chi connectivity index (χ1) is 11.0. The molecule has 0 spiro atoms. The lowest BCUT2D eigenvalue weighted by Gasteiger charge is -2.35. The Morgan fingerprint density at radius 2 is 1.96 bits per heavy atom. The van der Waals surface area contributed by atoms with Crippen molar-refractivity contribution >= 4 is 5.91 Å². The van der Waals surface area contributed by atoms with Gasteiger partial charge in [-0.1, -0.05) is 12.8 Å². The normalized spacial score (nSPS) is 24.1. The molecule has 23 heavy (non-hydrogen) atoms. The van der Waals surface area contributed by atoms with E-state index >= 15 is 0 Å². The lowest BCUT2D eigenvalue weighted by Crippen LogP contribution is -2.46. The minimum absolute atomic E-state index is 0.121. The van der Waals surface area contributed by atoms with Crippen LogP contribution in [0.3, 0.4) is 0 Å². The molecule has 1 aromatic heterocycles. The third-order valence-electron chi connectivity index (χ3n) is 5.01. The van der Waals surface area contributed by atoms with E-state index in [-0.39, 0.29) is 24.2 Å². The molecule has 2 fully saturated rings. The predicted molar refractivity (Wildman–Crippen MR) is 87.2 cm³/mol. The molecule has 2 atom stereocenters. The van der Waals surface area contributed by atoms with Crippen molar-refractivity contribution in [2.75, 3.05) is 13.1 Å². The quantitative estimate of drug-likeness (QED) is 0.855. The number of carbonyl (C=O) groups is 1. The first-order valence-electron chi connectivity index (χ1n) is 8.88. The standard InChI is InChI=1S/C17H28N4O2/c1-12(23-16-8-4-5-9-16)17(22)20-10-6-7-15(11-20)21-14(3)18-13(2)19-21/h12,15-16H,4-11H2,1-3H3/t12-,15+/m1/s1. The molecule has 1 saturated carbocycles. The molecule has 1 aromatic rings. The molecule has 0 radical (unpaired) electrons. The number of rotatable bonds is 4.